The number of anilines is 1. The summed E-state index contributed by atoms with van der Waals surface area (Å²) in [4.78, 5) is 18.8. The van der Waals surface area contributed by atoms with Crippen LogP contribution in [0.2, 0.25) is 0 Å². The van der Waals surface area contributed by atoms with E-state index < -0.39 is 58.9 Å². The quantitative estimate of drug-likeness (QED) is 0.275. The van der Waals surface area contributed by atoms with Crippen molar-refractivity contribution in [3.8, 4) is 5.75 Å². The summed E-state index contributed by atoms with van der Waals surface area (Å²) < 4.78 is 98.7. The first-order valence-corrected chi connectivity index (χ1v) is 15.2. The number of amides is 1. The number of alkyl halides is 5. The largest absolute Gasteiger partial charge is 0.489 e. The molecule has 0 spiro atoms. The van der Waals surface area contributed by atoms with Gasteiger partial charge in [0.2, 0.25) is 0 Å². The maximum absolute atomic E-state index is 12.9. The first kappa shape index (κ1) is 33.1. The molecule has 0 aliphatic carbocycles. The van der Waals surface area contributed by atoms with Gasteiger partial charge in [-0.05, 0) is 60.7 Å². The van der Waals surface area contributed by atoms with E-state index in [2.05, 4.69) is 15.0 Å². The molecule has 238 valence electrons. The van der Waals surface area contributed by atoms with E-state index in [1.165, 1.54) is 43.3 Å². The first-order valence-electron chi connectivity index (χ1n) is 13.5. The summed E-state index contributed by atoms with van der Waals surface area (Å²) in [7, 11) is -3.47. The van der Waals surface area contributed by atoms with E-state index in [-0.39, 0.29) is 47.2 Å². The number of rotatable bonds is 12. The molecule has 1 saturated heterocycles. The first-order chi connectivity index (χ1) is 20.8. The number of aromatic nitrogens is 1. The molecular formula is C29H30F5N3O6S. The summed E-state index contributed by atoms with van der Waals surface area (Å²) in [5, 5.41) is 12.5. The van der Waals surface area contributed by atoms with E-state index in [0.717, 1.165) is 18.3 Å². The van der Waals surface area contributed by atoms with Gasteiger partial charge in [0, 0.05) is 23.9 Å². The third-order valence-electron chi connectivity index (χ3n) is 7.08. The van der Waals surface area contributed by atoms with Gasteiger partial charge in [0.15, 0.2) is 9.84 Å². The van der Waals surface area contributed by atoms with Gasteiger partial charge in [0.05, 0.1) is 53.7 Å². The monoisotopic (exact) mass is 643 g/mol. The zero-order valence-electron chi connectivity index (χ0n) is 23.4. The molecular weight excluding hydrogens is 613 g/mol. The van der Waals surface area contributed by atoms with Gasteiger partial charge in [-0.15, -0.1) is 0 Å². The molecule has 2 aromatic carbocycles. The highest BCUT2D eigenvalue weighted by molar-refractivity contribution is 7.91. The lowest BCUT2D eigenvalue weighted by atomic mass is 10.1. The number of halogens is 5. The van der Waals surface area contributed by atoms with Gasteiger partial charge in [0.1, 0.15) is 11.9 Å². The number of hydrogen-bond donors (Lipinski definition) is 2. The van der Waals surface area contributed by atoms with Gasteiger partial charge in [-0.3, -0.25) is 9.78 Å². The van der Waals surface area contributed by atoms with E-state index in [0.29, 0.717) is 5.69 Å². The van der Waals surface area contributed by atoms with Gasteiger partial charge in [-0.1, -0.05) is 6.92 Å². The molecule has 9 nitrogen and oxygen atoms in total. The van der Waals surface area contributed by atoms with Crippen molar-refractivity contribution in [3.63, 3.8) is 0 Å². The molecule has 3 aromatic rings. The molecule has 0 saturated carbocycles. The molecule has 4 rings (SSSR count). The van der Waals surface area contributed by atoms with Gasteiger partial charge in [-0.25, -0.2) is 8.42 Å². The number of carbonyl (C=O) groups excluding carboxylic acids is 1. The van der Waals surface area contributed by atoms with E-state index >= 15 is 0 Å². The van der Waals surface area contributed by atoms with E-state index in [1.54, 1.807) is 17.0 Å². The Morgan fingerprint density at radius 2 is 1.77 bits per heavy atom. The number of benzene rings is 2. The normalized spacial score (nSPS) is 18.0. The summed E-state index contributed by atoms with van der Waals surface area (Å²) in [6.07, 6.45) is -3.63. The minimum absolute atomic E-state index is 0.0218. The molecule has 2 heterocycles. The number of ether oxygens (including phenoxy) is 2. The second-order valence-electron chi connectivity index (χ2n) is 9.98. The lowest BCUT2D eigenvalue weighted by molar-refractivity contribution is -0.137. The van der Waals surface area contributed by atoms with Crippen molar-refractivity contribution in [2.45, 2.75) is 49.2 Å². The zero-order chi connectivity index (χ0) is 32.1. The van der Waals surface area contributed by atoms with E-state index in [1.807, 2.05) is 0 Å². The molecule has 0 unspecified atom stereocenters. The number of sulfone groups is 1. The molecule has 15 heteroatoms. The van der Waals surface area contributed by atoms with Crippen LogP contribution < -0.4 is 15.0 Å². The maximum atomic E-state index is 12.9. The topological polar surface area (TPSA) is 118 Å². The molecule has 44 heavy (non-hydrogen) atoms. The minimum atomic E-state index is -4.50. The van der Waals surface area contributed by atoms with Crippen LogP contribution in [-0.2, 0) is 20.8 Å². The summed E-state index contributed by atoms with van der Waals surface area (Å²) in [6.45, 7) is -2.13. The molecule has 2 N–H and O–H groups in total. The lowest BCUT2D eigenvalue weighted by Gasteiger charge is -2.26. The predicted octanol–water partition coefficient (Wildman–Crippen LogP) is 4.62. The zero-order valence-corrected chi connectivity index (χ0v) is 24.2. The van der Waals surface area contributed by atoms with Crippen LogP contribution in [0.15, 0.2) is 71.8 Å². The van der Waals surface area contributed by atoms with Crippen LogP contribution in [0, 0.1) is 0 Å². The third-order valence-corrected chi connectivity index (χ3v) is 8.80. The van der Waals surface area contributed by atoms with Crippen molar-refractivity contribution in [2.75, 3.05) is 30.4 Å². The Bertz CT molecular complexity index is 1500. The van der Waals surface area contributed by atoms with Crippen LogP contribution in [0.1, 0.15) is 41.0 Å². The van der Waals surface area contributed by atoms with Crippen LogP contribution in [0.25, 0.3) is 0 Å². The molecule has 0 radical (unpaired) electrons. The summed E-state index contributed by atoms with van der Waals surface area (Å²) in [5.74, 6) is -0.459. The average molecular weight is 644 g/mol. The van der Waals surface area contributed by atoms with Gasteiger partial charge in [-0.2, -0.15) is 22.0 Å². The molecule has 1 aliphatic rings. The number of nitrogens with one attached hydrogen (secondary N) is 1. The molecule has 3 atom stereocenters. The SMILES string of the molecule is CCS(=O)(=O)c1ccc([C@H](CO)NC(=O)c2ccc(N3C[C@@H](Oc4ccc(C(F)(F)F)cc4)C[C@H]3COC(F)F)cc2)nc1. The van der Waals surface area contributed by atoms with Crippen LogP contribution in [-0.4, -0.2) is 68.7 Å². The Morgan fingerprint density at radius 1 is 1.09 bits per heavy atom. The summed E-state index contributed by atoms with van der Waals surface area (Å²) in [5.41, 5.74) is 0.211. The van der Waals surface area contributed by atoms with Crippen molar-refractivity contribution >= 4 is 21.4 Å². The highest BCUT2D eigenvalue weighted by Gasteiger charge is 2.35. The highest BCUT2D eigenvalue weighted by Crippen LogP contribution is 2.32. The second kappa shape index (κ2) is 13.9. The van der Waals surface area contributed by atoms with Crippen LogP contribution in [0.4, 0.5) is 27.6 Å². The second-order valence-corrected chi connectivity index (χ2v) is 12.3. The van der Waals surface area contributed by atoms with Crippen molar-refractivity contribution in [3.05, 3.63) is 83.7 Å². The van der Waals surface area contributed by atoms with Gasteiger partial charge >= 0.3 is 12.8 Å². The Labute approximate surface area is 250 Å². The Kier molecular flexibility index (Phi) is 10.4. The molecule has 1 aromatic heterocycles. The van der Waals surface area contributed by atoms with Crippen LogP contribution in [0.5, 0.6) is 5.75 Å². The van der Waals surface area contributed by atoms with Crippen molar-refractivity contribution < 1.29 is 49.7 Å². The minimum Gasteiger partial charge on any atom is -0.489 e. The third kappa shape index (κ3) is 8.21. The number of hydrogen-bond acceptors (Lipinski definition) is 8. The van der Waals surface area contributed by atoms with Crippen molar-refractivity contribution in [1.29, 1.82) is 0 Å². The predicted molar refractivity (Wildman–Crippen MR) is 149 cm³/mol. The number of carbonyl (C=O) groups is 1. The Balaban J connectivity index is 1.44. The van der Waals surface area contributed by atoms with E-state index in [4.69, 9.17) is 4.74 Å². The van der Waals surface area contributed by atoms with E-state index in [9.17, 15) is 40.3 Å². The fraction of sp³-hybridized carbons (Fsp3) is 0.379. The van der Waals surface area contributed by atoms with Crippen LogP contribution >= 0.6 is 0 Å². The van der Waals surface area contributed by atoms with Crippen molar-refractivity contribution in [1.82, 2.24) is 10.3 Å². The lowest BCUT2D eigenvalue weighted by Crippen LogP contribution is -2.34. The Hall–Kier alpha value is -3.82. The number of pyridine rings is 1. The van der Waals surface area contributed by atoms with Crippen molar-refractivity contribution in [2.24, 2.45) is 0 Å². The smallest absolute Gasteiger partial charge is 0.416 e. The summed E-state index contributed by atoms with van der Waals surface area (Å²) in [6, 6.07) is 11.7. The highest BCUT2D eigenvalue weighted by atomic mass is 32.2. The van der Waals surface area contributed by atoms with Crippen LogP contribution in [0.3, 0.4) is 0 Å². The number of aliphatic hydroxyl groups is 1. The fourth-order valence-corrected chi connectivity index (χ4v) is 5.56. The molecule has 0 bridgehead atoms. The number of aliphatic hydroxyl groups excluding tert-OH is 1. The molecule has 1 aliphatic heterocycles. The molecule has 1 amide bonds. The summed E-state index contributed by atoms with van der Waals surface area (Å²) >= 11 is 0. The molecule has 1 fully saturated rings. The maximum Gasteiger partial charge on any atom is 0.416 e. The standard InChI is InChI=1S/C29H30F5N3O6S/c1-2-44(40,41)24-11-12-25(35-14-24)26(16-38)36-27(39)18-3-7-20(8-4-18)37-15-23(13-21(37)17-42-28(30)31)43-22-9-5-19(6-10-22)29(32,33)34/h3-12,14,21,23,26,28,38H,2,13,15-17H2,1H3,(H,36,39)/t21-,23-,26-/m0/s1. The Morgan fingerprint density at radius 3 is 2.32 bits per heavy atom. The van der Waals surface area contributed by atoms with Gasteiger partial charge < -0.3 is 24.8 Å². The van der Waals surface area contributed by atoms with Gasteiger partial charge in [0.25, 0.3) is 5.91 Å². The number of nitrogens with zero attached hydrogens (tertiary/aromatic N) is 2. The fourth-order valence-electron chi connectivity index (χ4n) is 4.74. The average Bonchev–Trinajstić information content (AvgIpc) is 3.41.